The lowest BCUT2D eigenvalue weighted by atomic mass is 10.3. The molecule has 0 saturated heterocycles. The molecule has 17 heavy (non-hydrogen) atoms. The summed E-state index contributed by atoms with van der Waals surface area (Å²) in [5.74, 6) is 0. The fraction of sp³-hybridized carbons (Fsp3) is 0.500. The van der Waals surface area contributed by atoms with Gasteiger partial charge in [-0.05, 0) is 40.1 Å². The number of hydrogen-bond acceptors (Lipinski definition) is 3. The molecular weight excluding hydrogens is 237 g/mol. The van der Waals surface area contributed by atoms with Crippen molar-refractivity contribution in [3.05, 3.63) is 30.3 Å². The van der Waals surface area contributed by atoms with Gasteiger partial charge in [0.1, 0.15) is 0 Å². The summed E-state index contributed by atoms with van der Waals surface area (Å²) in [4.78, 5) is 0. The Morgan fingerprint density at radius 1 is 1.24 bits per heavy atom. The summed E-state index contributed by atoms with van der Waals surface area (Å²) in [5, 5.41) is 10.1. The predicted molar refractivity (Wildman–Crippen MR) is 69.6 cm³/mol. The van der Waals surface area contributed by atoms with Crippen LogP contribution in [0.1, 0.15) is 13.8 Å². The largest absolute Gasteiger partial charge is 0.391 e. The van der Waals surface area contributed by atoms with E-state index in [1.165, 1.54) is 0 Å². The van der Waals surface area contributed by atoms with Crippen LogP contribution in [0.4, 0.5) is 0 Å². The molecule has 0 aliphatic carbocycles. The minimum absolute atomic E-state index is 0.483. The first-order valence-corrected chi connectivity index (χ1v) is 7.15. The summed E-state index contributed by atoms with van der Waals surface area (Å²) in [6.45, 7) is 3.33. The van der Waals surface area contributed by atoms with Gasteiger partial charge < -0.3 is 9.63 Å². The second-order valence-electron chi connectivity index (χ2n) is 4.25. The molecule has 1 N–H and O–H groups in total. The predicted octanol–water partition coefficient (Wildman–Crippen LogP) is 1.85. The molecule has 0 heterocycles. The Balaban J connectivity index is 3.03. The number of aliphatic hydroxyl groups excluding tert-OH is 1. The van der Waals surface area contributed by atoms with Crippen LogP contribution < -0.4 is 5.30 Å². The van der Waals surface area contributed by atoms with Gasteiger partial charge in [0.25, 0.3) is 0 Å². The molecule has 0 aliphatic rings. The van der Waals surface area contributed by atoms with Crippen molar-refractivity contribution in [1.82, 2.24) is 4.67 Å². The van der Waals surface area contributed by atoms with Crippen molar-refractivity contribution in [2.75, 3.05) is 14.1 Å². The van der Waals surface area contributed by atoms with Crippen molar-refractivity contribution >= 4 is 12.8 Å². The number of rotatable bonds is 5. The molecule has 0 amide bonds. The summed E-state index contributed by atoms with van der Waals surface area (Å²) < 4.78 is 20.0. The Labute approximate surface area is 103 Å². The first kappa shape index (κ1) is 14.4. The van der Waals surface area contributed by atoms with Crippen molar-refractivity contribution in [2.45, 2.75) is 26.1 Å². The van der Waals surface area contributed by atoms with Gasteiger partial charge in [-0.15, -0.1) is 0 Å². The first-order chi connectivity index (χ1) is 7.88. The molecule has 0 aromatic heterocycles. The van der Waals surface area contributed by atoms with Gasteiger partial charge in [0.05, 0.1) is 17.5 Å². The molecule has 1 aromatic rings. The number of nitrogens with zero attached hydrogens (tertiary/aromatic N) is 1. The Kier molecular flexibility index (Phi) is 4.90. The molecular formula is C12H20NO3P. The van der Waals surface area contributed by atoms with E-state index in [0.29, 0.717) is 5.30 Å². The minimum Gasteiger partial charge on any atom is -0.391 e. The maximum Gasteiger partial charge on any atom is 0.302 e. The highest BCUT2D eigenvalue weighted by molar-refractivity contribution is 7.64. The maximum absolute atomic E-state index is 12.8. The third-order valence-corrected chi connectivity index (χ3v) is 5.22. The van der Waals surface area contributed by atoms with E-state index in [4.69, 9.17) is 4.52 Å². The molecule has 4 nitrogen and oxygen atoms in total. The van der Waals surface area contributed by atoms with Crippen LogP contribution in [0.15, 0.2) is 30.3 Å². The highest BCUT2D eigenvalue weighted by Gasteiger charge is 2.32. The summed E-state index contributed by atoms with van der Waals surface area (Å²) >= 11 is 0. The summed E-state index contributed by atoms with van der Waals surface area (Å²) in [7, 11) is 0.341. The van der Waals surface area contributed by atoms with E-state index in [-0.39, 0.29) is 0 Å². The second-order valence-corrected chi connectivity index (χ2v) is 6.82. The van der Waals surface area contributed by atoms with Crippen LogP contribution in [0.2, 0.25) is 0 Å². The monoisotopic (exact) mass is 257 g/mol. The summed E-state index contributed by atoms with van der Waals surface area (Å²) in [5.41, 5.74) is 0. The molecule has 96 valence electrons. The van der Waals surface area contributed by atoms with Gasteiger partial charge in [0.2, 0.25) is 0 Å². The van der Waals surface area contributed by atoms with Crippen molar-refractivity contribution in [3.63, 3.8) is 0 Å². The number of hydrogen-bond donors (Lipinski definition) is 1. The van der Waals surface area contributed by atoms with Crippen LogP contribution in [-0.4, -0.2) is 36.1 Å². The lowest BCUT2D eigenvalue weighted by Crippen LogP contribution is -2.28. The highest BCUT2D eigenvalue weighted by atomic mass is 31.2. The number of aliphatic hydroxyl groups is 1. The Bertz CT molecular complexity index is 392. The maximum atomic E-state index is 12.8. The molecule has 1 aromatic carbocycles. The molecule has 0 saturated carbocycles. The second kappa shape index (κ2) is 5.78. The Hall–Kier alpha value is -0.670. The fourth-order valence-corrected chi connectivity index (χ4v) is 3.26. The SMILES string of the molecule is CC(O)C(C)OP(=O)(c1ccccc1)N(C)C. The molecule has 5 heteroatoms. The standard InChI is InChI=1S/C12H20NO3P/c1-10(14)11(2)16-17(15,13(3)4)12-8-6-5-7-9-12/h5-11,14H,1-4H3. The van der Waals surface area contributed by atoms with Crippen LogP contribution in [0.25, 0.3) is 0 Å². The van der Waals surface area contributed by atoms with Crippen LogP contribution in [-0.2, 0) is 9.09 Å². The van der Waals surface area contributed by atoms with Crippen molar-refractivity contribution < 1.29 is 14.2 Å². The van der Waals surface area contributed by atoms with Gasteiger partial charge in [-0.1, -0.05) is 18.2 Å². The summed E-state index contributed by atoms with van der Waals surface area (Å²) in [6, 6.07) is 9.05. The van der Waals surface area contributed by atoms with Crippen molar-refractivity contribution in [1.29, 1.82) is 0 Å². The Morgan fingerprint density at radius 2 is 1.76 bits per heavy atom. The van der Waals surface area contributed by atoms with E-state index in [2.05, 4.69) is 0 Å². The smallest absolute Gasteiger partial charge is 0.302 e. The van der Waals surface area contributed by atoms with E-state index >= 15 is 0 Å². The van der Waals surface area contributed by atoms with E-state index in [1.807, 2.05) is 18.2 Å². The molecule has 0 radical (unpaired) electrons. The van der Waals surface area contributed by atoms with Crippen molar-refractivity contribution in [3.8, 4) is 0 Å². The van der Waals surface area contributed by atoms with E-state index in [0.717, 1.165) is 0 Å². The van der Waals surface area contributed by atoms with Gasteiger partial charge in [-0.2, -0.15) is 0 Å². The van der Waals surface area contributed by atoms with Crippen LogP contribution in [0, 0.1) is 0 Å². The van der Waals surface area contributed by atoms with Crippen LogP contribution in [0.3, 0.4) is 0 Å². The molecule has 0 spiro atoms. The molecule has 3 atom stereocenters. The minimum atomic E-state index is -3.08. The normalized spacial score (nSPS) is 18.7. The van der Waals surface area contributed by atoms with Crippen molar-refractivity contribution in [2.24, 2.45) is 0 Å². The summed E-state index contributed by atoms with van der Waals surface area (Å²) in [6.07, 6.45) is -1.14. The zero-order valence-corrected chi connectivity index (χ0v) is 11.6. The third kappa shape index (κ3) is 3.39. The average Bonchev–Trinajstić information content (AvgIpc) is 2.29. The molecule has 0 bridgehead atoms. The third-order valence-electron chi connectivity index (χ3n) is 2.60. The van der Waals surface area contributed by atoms with E-state index < -0.39 is 19.7 Å². The quantitative estimate of drug-likeness (QED) is 0.818. The van der Waals surface area contributed by atoms with Gasteiger partial charge in [0, 0.05) is 0 Å². The average molecular weight is 257 g/mol. The molecule has 1 rings (SSSR count). The van der Waals surface area contributed by atoms with Gasteiger partial charge >= 0.3 is 7.52 Å². The lowest BCUT2D eigenvalue weighted by molar-refractivity contribution is 0.0587. The topological polar surface area (TPSA) is 49.8 Å². The van der Waals surface area contributed by atoms with Crippen LogP contribution in [0.5, 0.6) is 0 Å². The van der Waals surface area contributed by atoms with E-state index in [1.54, 1.807) is 44.7 Å². The molecule has 0 fully saturated rings. The van der Waals surface area contributed by atoms with Gasteiger partial charge in [-0.25, -0.2) is 4.67 Å². The molecule has 3 unspecified atom stereocenters. The Morgan fingerprint density at radius 3 is 2.18 bits per heavy atom. The van der Waals surface area contributed by atoms with Gasteiger partial charge in [0.15, 0.2) is 0 Å². The van der Waals surface area contributed by atoms with Crippen LogP contribution >= 0.6 is 7.52 Å². The molecule has 0 aliphatic heterocycles. The zero-order chi connectivity index (χ0) is 13.1. The zero-order valence-electron chi connectivity index (χ0n) is 10.7. The number of benzene rings is 1. The highest BCUT2D eigenvalue weighted by Crippen LogP contribution is 2.48. The first-order valence-electron chi connectivity index (χ1n) is 5.58. The van der Waals surface area contributed by atoms with E-state index in [9.17, 15) is 9.67 Å². The lowest BCUT2D eigenvalue weighted by Gasteiger charge is -2.28. The fourth-order valence-electron chi connectivity index (χ4n) is 1.32. The van der Waals surface area contributed by atoms with Gasteiger partial charge in [-0.3, -0.25) is 4.57 Å².